The largest absolute Gasteiger partial charge is 0.493 e. The lowest BCUT2D eigenvalue weighted by Crippen LogP contribution is -2.34. The van der Waals surface area contributed by atoms with E-state index in [4.69, 9.17) is 24.7 Å². The number of nitrogen functional groups attached to an aromatic ring is 1. The first kappa shape index (κ1) is 30.9. The summed E-state index contributed by atoms with van der Waals surface area (Å²) in [7, 11) is 3.13. The van der Waals surface area contributed by atoms with Crippen molar-refractivity contribution in [3.63, 3.8) is 0 Å². The molecule has 0 unspecified atom stereocenters. The Hall–Kier alpha value is -5.45. The molecule has 252 valence electrons. The van der Waals surface area contributed by atoms with Gasteiger partial charge in [0.05, 0.1) is 62.0 Å². The van der Waals surface area contributed by atoms with E-state index in [2.05, 4.69) is 10.3 Å². The van der Waals surface area contributed by atoms with Crippen LogP contribution in [0.25, 0.3) is 5.57 Å². The minimum atomic E-state index is -0.0886. The topological polar surface area (TPSA) is 128 Å². The lowest BCUT2D eigenvalue weighted by Gasteiger charge is -2.20. The molecular weight excluding hydrogens is 622 g/mol. The molecular formula is C38H39N5O6. The Balaban J connectivity index is 0.911. The summed E-state index contributed by atoms with van der Waals surface area (Å²) in [6, 6.07) is 14.7. The molecule has 0 spiro atoms. The van der Waals surface area contributed by atoms with Gasteiger partial charge in [0.1, 0.15) is 0 Å². The summed E-state index contributed by atoms with van der Waals surface area (Å²) in [6.45, 7) is 1.29. The van der Waals surface area contributed by atoms with Crippen molar-refractivity contribution in [2.24, 2.45) is 10.9 Å². The molecule has 2 amide bonds. The first-order valence-electron chi connectivity index (χ1n) is 16.8. The van der Waals surface area contributed by atoms with E-state index in [1.54, 1.807) is 32.4 Å². The third kappa shape index (κ3) is 5.83. The van der Waals surface area contributed by atoms with Crippen LogP contribution < -0.4 is 30.0 Å². The number of nitrogens with zero attached hydrogens (tertiary/aromatic N) is 3. The molecule has 5 aliphatic rings. The van der Waals surface area contributed by atoms with Crippen LogP contribution in [0.2, 0.25) is 0 Å². The monoisotopic (exact) mass is 661 g/mol. The molecule has 3 aromatic carbocycles. The number of methoxy groups -OCH3 is 2. The summed E-state index contributed by atoms with van der Waals surface area (Å²) in [5.74, 6) is 2.47. The zero-order chi connectivity index (χ0) is 33.6. The molecule has 49 heavy (non-hydrogen) atoms. The highest BCUT2D eigenvalue weighted by Crippen LogP contribution is 2.44. The SMILES string of the molecule is COc1cc2c(cc1OCCCOc1cc3c(cc1OC)C(=O)N1C=C(c4ccc(N)cc4)C[C@H]1CN3)N=C[C@@H]1CC(C3CC3)=CN1C2=O. The van der Waals surface area contributed by atoms with Crippen LogP contribution >= 0.6 is 0 Å². The third-order valence-corrected chi connectivity index (χ3v) is 9.87. The Bertz CT molecular complexity index is 1910. The first-order valence-corrected chi connectivity index (χ1v) is 16.8. The van der Waals surface area contributed by atoms with Crippen LogP contribution in [-0.4, -0.2) is 73.9 Å². The molecule has 1 aliphatic carbocycles. The molecule has 4 aliphatic heterocycles. The highest BCUT2D eigenvalue weighted by Gasteiger charge is 2.38. The lowest BCUT2D eigenvalue weighted by atomic mass is 10.0. The van der Waals surface area contributed by atoms with E-state index in [0.29, 0.717) is 83.3 Å². The van der Waals surface area contributed by atoms with E-state index < -0.39 is 0 Å². The number of carbonyl (C=O) groups is 2. The Morgan fingerprint density at radius 3 is 2.24 bits per heavy atom. The van der Waals surface area contributed by atoms with Crippen molar-refractivity contribution < 1.29 is 28.5 Å². The van der Waals surface area contributed by atoms with Gasteiger partial charge in [0, 0.05) is 49.4 Å². The van der Waals surface area contributed by atoms with Crippen LogP contribution in [0.3, 0.4) is 0 Å². The summed E-state index contributed by atoms with van der Waals surface area (Å²) in [4.78, 5) is 35.5. The quantitative estimate of drug-likeness (QED) is 0.199. The average Bonchev–Trinajstić information content (AvgIpc) is 3.79. The molecule has 3 N–H and O–H groups in total. The second kappa shape index (κ2) is 12.5. The van der Waals surface area contributed by atoms with E-state index in [1.165, 1.54) is 18.4 Å². The van der Waals surface area contributed by atoms with Crippen molar-refractivity contribution in [2.45, 2.75) is 44.2 Å². The van der Waals surface area contributed by atoms with E-state index >= 15 is 0 Å². The Morgan fingerprint density at radius 2 is 1.53 bits per heavy atom. The summed E-state index contributed by atoms with van der Waals surface area (Å²) < 4.78 is 23.5. The molecule has 4 heterocycles. The molecule has 11 heteroatoms. The maximum Gasteiger partial charge on any atom is 0.260 e. The number of ether oxygens (including phenoxy) is 4. The second-order valence-electron chi connectivity index (χ2n) is 13.1. The third-order valence-electron chi connectivity index (χ3n) is 9.87. The molecule has 11 nitrogen and oxygen atoms in total. The average molecular weight is 662 g/mol. The van der Waals surface area contributed by atoms with E-state index in [0.717, 1.165) is 24.0 Å². The number of anilines is 2. The van der Waals surface area contributed by atoms with Crippen LogP contribution in [0.4, 0.5) is 17.1 Å². The fourth-order valence-electron chi connectivity index (χ4n) is 7.04. The van der Waals surface area contributed by atoms with E-state index in [-0.39, 0.29) is 23.9 Å². The Kier molecular flexibility index (Phi) is 7.89. The van der Waals surface area contributed by atoms with Crippen LogP contribution in [0.1, 0.15) is 58.4 Å². The van der Waals surface area contributed by atoms with Crippen molar-refractivity contribution in [3.05, 3.63) is 83.2 Å². The van der Waals surface area contributed by atoms with Gasteiger partial charge in [0.2, 0.25) is 0 Å². The van der Waals surface area contributed by atoms with Gasteiger partial charge < -0.3 is 39.8 Å². The molecule has 0 aromatic heterocycles. The summed E-state index contributed by atoms with van der Waals surface area (Å²) in [5.41, 5.74) is 12.4. The number of nitrogens with two attached hydrogens (primary N) is 1. The van der Waals surface area contributed by atoms with Gasteiger partial charge in [-0.05, 0) is 72.6 Å². The Labute approximate surface area is 285 Å². The van der Waals surface area contributed by atoms with Crippen molar-refractivity contribution in [1.29, 1.82) is 0 Å². The predicted molar refractivity (Wildman–Crippen MR) is 187 cm³/mol. The standard InChI is InChI=1S/C38H39N5O6/c1-46-33-14-29-31(40-18-27-12-24(22-4-5-22)20-42(27)37(29)44)16-35(33)48-10-3-11-49-36-17-32-30(15-34(36)47-2)38(45)43-21-25(13-28(43)19-41-32)23-6-8-26(39)9-7-23/h6-9,14-18,20-22,27-28,41H,3-5,10-13,19,39H2,1-2H3/t27-,28-/m0/s1. The predicted octanol–water partition coefficient (Wildman–Crippen LogP) is 6.04. The molecule has 2 atom stereocenters. The van der Waals surface area contributed by atoms with Crippen LogP contribution in [0, 0.1) is 5.92 Å². The van der Waals surface area contributed by atoms with Crippen molar-refractivity contribution in [2.75, 3.05) is 45.0 Å². The minimum absolute atomic E-state index is 0.0112. The van der Waals surface area contributed by atoms with Gasteiger partial charge in [-0.3, -0.25) is 14.6 Å². The number of amides is 2. The Morgan fingerprint density at radius 1 is 0.837 bits per heavy atom. The van der Waals surface area contributed by atoms with Crippen molar-refractivity contribution >= 4 is 40.7 Å². The maximum absolute atomic E-state index is 13.7. The minimum Gasteiger partial charge on any atom is -0.493 e. The highest BCUT2D eigenvalue weighted by molar-refractivity contribution is 6.04. The number of hydrogen-bond donors (Lipinski definition) is 2. The number of rotatable bonds is 10. The molecule has 3 aromatic rings. The number of nitrogens with one attached hydrogen (secondary N) is 1. The summed E-state index contributed by atoms with van der Waals surface area (Å²) in [5, 5.41) is 3.46. The zero-order valence-corrected chi connectivity index (χ0v) is 27.6. The number of aliphatic imine (C=N–C) groups is 1. The summed E-state index contributed by atoms with van der Waals surface area (Å²) >= 11 is 0. The second-order valence-corrected chi connectivity index (χ2v) is 13.1. The number of benzene rings is 3. The van der Waals surface area contributed by atoms with Gasteiger partial charge in [0.25, 0.3) is 11.8 Å². The first-order chi connectivity index (χ1) is 23.9. The fraction of sp³-hybridized carbons (Fsp3) is 0.342. The number of fused-ring (bicyclic) bond motifs is 4. The molecule has 0 bridgehead atoms. The van der Waals surface area contributed by atoms with Crippen LogP contribution in [0.15, 0.2) is 71.5 Å². The lowest BCUT2D eigenvalue weighted by molar-refractivity contribution is 0.0793. The maximum atomic E-state index is 13.7. The summed E-state index contributed by atoms with van der Waals surface area (Å²) in [6.07, 6.45) is 10.4. The fourth-order valence-corrected chi connectivity index (χ4v) is 7.04. The van der Waals surface area contributed by atoms with Crippen LogP contribution in [0.5, 0.6) is 23.0 Å². The molecule has 8 rings (SSSR count). The van der Waals surface area contributed by atoms with Gasteiger partial charge >= 0.3 is 0 Å². The smallest absolute Gasteiger partial charge is 0.260 e. The van der Waals surface area contributed by atoms with Crippen molar-refractivity contribution in [3.8, 4) is 23.0 Å². The van der Waals surface area contributed by atoms with Crippen molar-refractivity contribution in [1.82, 2.24) is 9.80 Å². The molecule has 1 saturated carbocycles. The van der Waals surface area contributed by atoms with Gasteiger partial charge in [-0.15, -0.1) is 0 Å². The molecule has 0 radical (unpaired) electrons. The molecule has 0 saturated heterocycles. The van der Waals surface area contributed by atoms with E-state index in [9.17, 15) is 9.59 Å². The highest BCUT2D eigenvalue weighted by atomic mass is 16.5. The van der Waals surface area contributed by atoms with Gasteiger partial charge in [-0.2, -0.15) is 0 Å². The molecule has 1 fully saturated rings. The van der Waals surface area contributed by atoms with E-state index in [1.807, 2.05) is 58.7 Å². The van der Waals surface area contributed by atoms with Gasteiger partial charge in [0.15, 0.2) is 23.0 Å². The zero-order valence-electron chi connectivity index (χ0n) is 27.6. The number of carbonyl (C=O) groups excluding carboxylic acids is 2. The number of hydrogen-bond acceptors (Lipinski definition) is 9. The van der Waals surface area contributed by atoms with Gasteiger partial charge in [-0.25, -0.2) is 0 Å². The normalized spacial score (nSPS) is 20.6. The van der Waals surface area contributed by atoms with Gasteiger partial charge in [-0.1, -0.05) is 12.1 Å². The van der Waals surface area contributed by atoms with Crippen LogP contribution in [-0.2, 0) is 0 Å².